The van der Waals surface area contributed by atoms with Crippen molar-refractivity contribution in [3.8, 4) is 5.75 Å². The van der Waals surface area contributed by atoms with Crippen molar-refractivity contribution in [3.63, 3.8) is 0 Å². The lowest BCUT2D eigenvalue weighted by Gasteiger charge is -2.37. The highest BCUT2D eigenvalue weighted by molar-refractivity contribution is 5.95. The molecule has 0 atom stereocenters. The number of halogens is 2. The fourth-order valence-electron chi connectivity index (χ4n) is 5.55. The van der Waals surface area contributed by atoms with Crippen molar-refractivity contribution in [2.45, 2.75) is 45.4 Å². The summed E-state index contributed by atoms with van der Waals surface area (Å²) in [5, 5.41) is 7.00. The molecule has 2 aliphatic heterocycles. The smallest absolute Gasteiger partial charge is 0.255 e. The van der Waals surface area contributed by atoms with Crippen LogP contribution in [0.5, 0.6) is 5.75 Å². The number of aliphatic hydroxyl groups excluding tert-OH is 1. The Morgan fingerprint density at radius 2 is 1.59 bits per heavy atom. The Morgan fingerprint density at radius 1 is 1.00 bits per heavy atom. The van der Waals surface area contributed by atoms with Crippen LogP contribution in [0.3, 0.4) is 0 Å². The molecule has 2 amide bonds. The maximum atomic E-state index is 12.8. The van der Waals surface area contributed by atoms with Crippen LogP contribution < -0.4 is 9.64 Å². The fraction of sp³-hybridized carbons (Fsp3) is 0.581. The molecule has 0 saturated carbocycles. The zero-order chi connectivity index (χ0) is 30.4. The van der Waals surface area contributed by atoms with E-state index in [4.69, 9.17) is 14.8 Å². The molecule has 4 rings (SSSR count). The number of hydrogen-bond acceptors (Lipinski definition) is 6. The standard InChI is InChI=1S/C29H40N4O3.CH2F2.CH4O/c1-21-26(29(35)31(2)3)8-9-27(30-21)32-14-10-22(11-15-32)18-23-12-16-33(17-13-23)28(34)20-24-6-5-7-25(19-24)36-4;2-1-3;1-2/h5-9,19,22-23H,10-18,20H2,1-4H3;1H2;2H,1H3. The first kappa shape index (κ1) is 33.9. The number of aromatic nitrogens is 1. The number of carbonyl (C=O) groups is 2. The molecule has 0 unspecified atom stereocenters. The van der Waals surface area contributed by atoms with E-state index in [1.54, 1.807) is 26.1 Å². The van der Waals surface area contributed by atoms with E-state index in [9.17, 15) is 18.4 Å². The second-order valence-corrected chi connectivity index (χ2v) is 10.6. The molecule has 0 bridgehead atoms. The van der Waals surface area contributed by atoms with Crippen LogP contribution >= 0.6 is 0 Å². The molecule has 2 aromatic rings. The molecule has 1 aromatic heterocycles. The number of rotatable bonds is 7. The van der Waals surface area contributed by atoms with Crippen LogP contribution in [0.25, 0.3) is 0 Å². The Hall–Kier alpha value is -3.27. The molecule has 41 heavy (non-hydrogen) atoms. The number of anilines is 1. The summed E-state index contributed by atoms with van der Waals surface area (Å²) in [6.45, 7) is 3.92. The molecule has 228 valence electrons. The molecule has 0 aliphatic carbocycles. The molecule has 3 heterocycles. The van der Waals surface area contributed by atoms with Gasteiger partial charge in [0, 0.05) is 47.4 Å². The van der Waals surface area contributed by atoms with Gasteiger partial charge in [0.1, 0.15) is 11.6 Å². The van der Waals surface area contributed by atoms with E-state index < -0.39 is 6.93 Å². The van der Waals surface area contributed by atoms with Crippen molar-refractivity contribution in [3.05, 3.63) is 53.2 Å². The Kier molecular flexibility index (Phi) is 14.5. The molecule has 8 nitrogen and oxygen atoms in total. The third-order valence-electron chi connectivity index (χ3n) is 7.77. The number of hydrogen-bond donors (Lipinski definition) is 1. The quantitative estimate of drug-likeness (QED) is 0.515. The molecule has 10 heteroatoms. The van der Waals surface area contributed by atoms with Gasteiger partial charge in [0.2, 0.25) is 12.8 Å². The summed E-state index contributed by atoms with van der Waals surface area (Å²) in [5.41, 5.74) is 2.48. The topological polar surface area (TPSA) is 86.2 Å². The molecule has 1 aromatic carbocycles. The first-order valence-electron chi connectivity index (χ1n) is 14.2. The van der Waals surface area contributed by atoms with Gasteiger partial charge in [-0.2, -0.15) is 0 Å². The lowest BCUT2D eigenvalue weighted by molar-refractivity contribution is -0.131. The Balaban J connectivity index is 0.00000110. The molecule has 0 spiro atoms. The highest BCUT2D eigenvalue weighted by Gasteiger charge is 2.27. The summed E-state index contributed by atoms with van der Waals surface area (Å²) in [6, 6.07) is 11.7. The van der Waals surface area contributed by atoms with Gasteiger partial charge in [-0.1, -0.05) is 12.1 Å². The minimum Gasteiger partial charge on any atom is -0.497 e. The number of aliphatic hydroxyl groups is 1. The molecule has 2 saturated heterocycles. The van der Waals surface area contributed by atoms with Crippen LogP contribution in [-0.4, -0.2) is 93.1 Å². The number of piperidine rings is 2. The van der Waals surface area contributed by atoms with Crippen LogP contribution in [-0.2, 0) is 11.2 Å². The van der Waals surface area contributed by atoms with E-state index in [1.165, 1.54) is 19.3 Å². The second kappa shape index (κ2) is 17.5. The van der Waals surface area contributed by atoms with Gasteiger partial charge < -0.3 is 24.5 Å². The number of benzene rings is 1. The van der Waals surface area contributed by atoms with E-state index in [-0.39, 0.29) is 11.8 Å². The monoisotopic (exact) mass is 576 g/mol. The summed E-state index contributed by atoms with van der Waals surface area (Å²) in [5.74, 6) is 3.44. The number of nitrogens with zero attached hydrogens (tertiary/aromatic N) is 4. The van der Waals surface area contributed by atoms with Crippen molar-refractivity contribution in [1.82, 2.24) is 14.8 Å². The number of ether oxygens (including phenoxy) is 1. The van der Waals surface area contributed by atoms with Crippen molar-refractivity contribution >= 4 is 17.6 Å². The van der Waals surface area contributed by atoms with Gasteiger partial charge in [-0.05, 0) is 80.7 Å². The van der Waals surface area contributed by atoms with E-state index >= 15 is 0 Å². The normalized spacial score (nSPS) is 15.7. The van der Waals surface area contributed by atoms with E-state index in [0.717, 1.165) is 74.9 Å². The van der Waals surface area contributed by atoms with Crippen LogP contribution in [0.2, 0.25) is 0 Å². The Labute approximate surface area is 243 Å². The van der Waals surface area contributed by atoms with E-state index in [1.807, 2.05) is 48.2 Å². The highest BCUT2D eigenvalue weighted by atomic mass is 19.3. The molecule has 1 N–H and O–H groups in total. The van der Waals surface area contributed by atoms with Gasteiger partial charge in [-0.25, -0.2) is 13.8 Å². The first-order valence-corrected chi connectivity index (χ1v) is 14.2. The third kappa shape index (κ3) is 10.3. The Morgan fingerprint density at radius 3 is 2.12 bits per heavy atom. The first-order chi connectivity index (χ1) is 19.7. The SMILES string of the molecule is CO.COc1cccc(CC(=O)N2CCC(CC3CCN(c4ccc(C(=O)N(C)C)c(C)n4)CC3)CC2)c1.FCF. The van der Waals surface area contributed by atoms with Gasteiger partial charge in [0.05, 0.1) is 24.8 Å². The van der Waals surface area contributed by atoms with Crippen molar-refractivity contribution in [2.24, 2.45) is 11.8 Å². The fourth-order valence-corrected chi connectivity index (χ4v) is 5.55. The van der Waals surface area contributed by atoms with Crippen molar-refractivity contribution in [1.29, 1.82) is 0 Å². The maximum absolute atomic E-state index is 12.8. The van der Waals surface area contributed by atoms with Crippen LogP contribution in [0.15, 0.2) is 36.4 Å². The summed E-state index contributed by atoms with van der Waals surface area (Å²) >= 11 is 0. The summed E-state index contributed by atoms with van der Waals surface area (Å²) in [7, 11) is 6.19. The highest BCUT2D eigenvalue weighted by Crippen LogP contribution is 2.31. The number of alkyl halides is 2. The second-order valence-electron chi connectivity index (χ2n) is 10.6. The average Bonchev–Trinajstić information content (AvgIpc) is 2.99. The predicted octanol–water partition coefficient (Wildman–Crippen LogP) is 4.68. The maximum Gasteiger partial charge on any atom is 0.255 e. The molecule has 0 radical (unpaired) electrons. The van der Waals surface area contributed by atoms with E-state index in [0.29, 0.717) is 17.9 Å². The zero-order valence-electron chi connectivity index (χ0n) is 25.1. The number of aryl methyl sites for hydroxylation is 1. The van der Waals surface area contributed by atoms with Crippen molar-refractivity contribution < 1.29 is 28.2 Å². The minimum atomic E-state index is -1.75. The minimum absolute atomic E-state index is 0.00157. The largest absolute Gasteiger partial charge is 0.497 e. The average molecular weight is 577 g/mol. The van der Waals surface area contributed by atoms with Gasteiger partial charge >= 0.3 is 0 Å². The summed E-state index contributed by atoms with van der Waals surface area (Å²) < 4.78 is 24.5. The lowest BCUT2D eigenvalue weighted by Crippen LogP contribution is -2.40. The van der Waals surface area contributed by atoms with Gasteiger partial charge in [0.15, 0.2) is 0 Å². The third-order valence-corrected chi connectivity index (χ3v) is 7.77. The van der Waals surface area contributed by atoms with Crippen LogP contribution in [0, 0.1) is 18.8 Å². The summed E-state index contributed by atoms with van der Waals surface area (Å²) in [6.07, 6.45) is 6.26. The molecular formula is C31H46F2N4O4. The zero-order valence-corrected chi connectivity index (χ0v) is 25.1. The molecular weight excluding hydrogens is 530 g/mol. The van der Waals surface area contributed by atoms with E-state index in [2.05, 4.69) is 4.90 Å². The number of pyridine rings is 1. The number of carbonyl (C=O) groups excluding carboxylic acids is 2. The van der Waals surface area contributed by atoms with Crippen molar-refractivity contribution in [2.75, 3.05) is 66.3 Å². The predicted molar refractivity (Wildman–Crippen MR) is 158 cm³/mol. The van der Waals surface area contributed by atoms with Crippen LogP contribution in [0.4, 0.5) is 14.6 Å². The number of likely N-dealkylation sites (tertiary alicyclic amines) is 1. The van der Waals surface area contributed by atoms with Gasteiger partial charge in [-0.3, -0.25) is 9.59 Å². The number of methoxy groups -OCH3 is 1. The van der Waals surface area contributed by atoms with Crippen LogP contribution in [0.1, 0.15) is 53.7 Å². The van der Waals surface area contributed by atoms with Gasteiger partial charge in [0.25, 0.3) is 5.91 Å². The molecule has 2 aliphatic rings. The lowest BCUT2D eigenvalue weighted by atomic mass is 9.82. The number of amides is 2. The van der Waals surface area contributed by atoms with Gasteiger partial charge in [-0.15, -0.1) is 0 Å². The Bertz CT molecular complexity index is 1090. The molecule has 2 fully saturated rings. The summed E-state index contributed by atoms with van der Waals surface area (Å²) in [4.78, 5) is 35.8.